The highest BCUT2D eigenvalue weighted by Crippen LogP contribution is 2.43. The predicted octanol–water partition coefficient (Wildman–Crippen LogP) is 3.78. The Balaban J connectivity index is 1.97. The molecule has 0 atom stereocenters. The van der Waals surface area contributed by atoms with E-state index in [4.69, 9.17) is 9.15 Å². The lowest BCUT2D eigenvalue weighted by molar-refractivity contribution is 0.419. The number of aromatic nitrogens is 2. The van der Waals surface area contributed by atoms with Crippen LogP contribution in [0.4, 0.5) is 0 Å². The minimum Gasteiger partial charge on any atom is -0.494 e. The largest absolute Gasteiger partial charge is 0.494 e. The topological polar surface area (TPSA) is 48.2 Å². The Morgan fingerprint density at radius 3 is 2.65 bits per heavy atom. The average molecular weight is 266 g/mol. The molecule has 1 fully saturated rings. The monoisotopic (exact) mass is 266 g/mol. The van der Waals surface area contributed by atoms with Crippen molar-refractivity contribution < 1.29 is 9.15 Å². The lowest BCUT2D eigenvalue weighted by atomic mass is 10.1. The highest BCUT2D eigenvalue weighted by Gasteiger charge is 2.30. The van der Waals surface area contributed by atoms with Gasteiger partial charge in [0.25, 0.3) is 0 Å². The third-order valence-corrected chi connectivity index (χ3v) is 3.66. The summed E-state index contributed by atoms with van der Waals surface area (Å²) in [4.78, 5) is 8.68. The molecular formula is C16H14N2O2. The van der Waals surface area contributed by atoms with Crippen LogP contribution in [0, 0.1) is 0 Å². The third kappa shape index (κ3) is 1.76. The van der Waals surface area contributed by atoms with E-state index in [2.05, 4.69) is 9.97 Å². The van der Waals surface area contributed by atoms with E-state index in [-0.39, 0.29) is 0 Å². The molecule has 0 N–H and O–H groups in total. The summed E-state index contributed by atoms with van der Waals surface area (Å²) in [7, 11) is 1.66. The van der Waals surface area contributed by atoms with E-state index < -0.39 is 0 Å². The van der Waals surface area contributed by atoms with Crippen molar-refractivity contribution >= 4 is 11.1 Å². The van der Waals surface area contributed by atoms with E-state index in [0.29, 0.717) is 5.92 Å². The van der Waals surface area contributed by atoms with Crippen LogP contribution in [0.3, 0.4) is 0 Å². The molecular weight excluding hydrogens is 252 g/mol. The van der Waals surface area contributed by atoms with Gasteiger partial charge in [0, 0.05) is 23.9 Å². The Labute approximate surface area is 116 Å². The van der Waals surface area contributed by atoms with Gasteiger partial charge in [-0.15, -0.1) is 0 Å². The van der Waals surface area contributed by atoms with E-state index in [1.807, 2.05) is 24.3 Å². The molecule has 20 heavy (non-hydrogen) atoms. The summed E-state index contributed by atoms with van der Waals surface area (Å²) >= 11 is 0. The molecule has 100 valence electrons. The van der Waals surface area contributed by atoms with Crippen LogP contribution in [0.25, 0.3) is 22.2 Å². The van der Waals surface area contributed by atoms with Gasteiger partial charge in [-0.2, -0.15) is 0 Å². The minimum absolute atomic E-state index is 0.484. The Morgan fingerprint density at radius 2 is 1.95 bits per heavy atom. The first-order valence-electron chi connectivity index (χ1n) is 6.74. The molecule has 4 heteroatoms. The lowest BCUT2D eigenvalue weighted by Crippen LogP contribution is -1.86. The molecule has 0 bridgehead atoms. The van der Waals surface area contributed by atoms with Crippen molar-refractivity contribution in [2.45, 2.75) is 18.8 Å². The summed E-state index contributed by atoms with van der Waals surface area (Å²) in [6.45, 7) is 0. The van der Waals surface area contributed by atoms with Crippen molar-refractivity contribution in [1.82, 2.24) is 9.97 Å². The number of rotatable bonds is 3. The van der Waals surface area contributed by atoms with Crippen LogP contribution in [0.1, 0.15) is 24.7 Å². The van der Waals surface area contributed by atoms with Crippen molar-refractivity contribution in [3.63, 3.8) is 0 Å². The summed E-state index contributed by atoms with van der Waals surface area (Å²) in [5.74, 6) is 2.07. The smallest absolute Gasteiger partial charge is 0.198 e. The van der Waals surface area contributed by atoms with E-state index in [1.165, 1.54) is 12.8 Å². The predicted molar refractivity (Wildman–Crippen MR) is 75.8 cm³/mol. The maximum Gasteiger partial charge on any atom is 0.198 e. The Kier molecular flexibility index (Phi) is 2.49. The van der Waals surface area contributed by atoms with Gasteiger partial charge in [-0.05, 0) is 42.7 Å². The molecule has 1 aliphatic rings. The van der Waals surface area contributed by atoms with Gasteiger partial charge in [-0.1, -0.05) is 0 Å². The van der Waals surface area contributed by atoms with Gasteiger partial charge in [-0.25, -0.2) is 4.98 Å². The molecule has 0 unspecified atom stereocenters. The Bertz CT molecular complexity index is 761. The fourth-order valence-corrected chi connectivity index (χ4v) is 2.43. The number of hydrogen-bond donors (Lipinski definition) is 0. The third-order valence-electron chi connectivity index (χ3n) is 3.66. The van der Waals surface area contributed by atoms with Crippen LogP contribution in [0.15, 0.2) is 41.1 Å². The summed E-state index contributed by atoms with van der Waals surface area (Å²) < 4.78 is 11.4. The molecule has 1 saturated carbocycles. The molecule has 3 aromatic rings. The maximum atomic E-state index is 6.01. The zero-order valence-electron chi connectivity index (χ0n) is 11.2. The first-order valence-corrected chi connectivity index (χ1v) is 6.74. The highest BCUT2D eigenvalue weighted by molar-refractivity contribution is 5.93. The van der Waals surface area contributed by atoms with Gasteiger partial charge >= 0.3 is 0 Å². The van der Waals surface area contributed by atoms with Crippen LogP contribution < -0.4 is 4.74 Å². The van der Waals surface area contributed by atoms with Gasteiger partial charge in [-0.3, -0.25) is 4.98 Å². The summed E-state index contributed by atoms with van der Waals surface area (Å²) in [5.41, 5.74) is 3.72. The fourth-order valence-electron chi connectivity index (χ4n) is 2.43. The molecule has 2 aromatic heterocycles. The zero-order chi connectivity index (χ0) is 13.5. The second-order valence-electron chi connectivity index (χ2n) is 5.06. The molecule has 0 amide bonds. The van der Waals surface area contributed by atoms with E-state index in [9.17, 15) is 0 Å². The quantitative estimate of drug-likeness (QED) is 0.724. The molecule has 4 rings (SSSR count). The van der Waals surface area contributed by atoms with E-state index in [0.717, 1.165) is 33.9 Å². The maximum absolute atomic E-state index is 6.01. The average Bonchev–Trinajstić information content (AvgIpc) is 3.26. The van der Waals surface area contributed by atoms with Crippen LogP contribution in [0.2, 0.25) is 0 Å². The highest BCUT2D eigenvalue weighted by atomic mass is 16.5. The summed E-state index contributed by atoms with van der Waals surface area (Å²) in [5, 5.41) is 0. The minimum atomic E-state index is 0.484. The van der Waals surface area contributed by atoms with Crippen LogP contribution in [-0.2, 0) is 0 Å². The Hall–Kier alpha value is -2.36. The van der Waals surface area contributed by atoms with Crippen molar-refractivity contribution in [3.8, 4) is 16.9 Å². The Morgan fingerprint density at radius 1 is 1.15 bits per heavy atom. The van der Waals surface area contributed by atoms with Crippen LogP contribution >= 0.6 is 0 Å². The van der Waals surface area contributed by atoms with Gasteiger partial charge in [0.15, 0.2) is 17.0 Å². The van der Waals surface area contributed by atoms with Crippen LogP contribution in [-0.4, -0.2) is 17.1 Å². The number of pyridine rings is 1. The number of ether oxygens (including phenoxy) is 1. The number of methoxy groups -OCH3 is 1. The van der Waals surface area contributed by atoms with Gasteiger partial charge in [0.1, 0.15) is 5.75 Å². The lowest BCUT2D eigenvalue weighted by Gasteiger charge is -2.04. The van der Waals surface area contributed by atoms with Gasteiger partial charge in [0.05, 0.1) is 7.11 Å². The second-order valence-corrected chi connectivity index (χ2v) is 5.06. The fraction of sp³-hybridized carbons (Fsp3) is 0.250. The number of oxazole rings is 1. The normalized spacial score (nSPS) is 14.7. The van der Waals surface area contributed by atoms with Crippen molar-refractivity contribution in [2.75, 3.05) is 7.11 Å². The molecule has 1 aromatic carbocycles. The summed E-state index contributed by atoms with van der Waals surface area (Å²) in [6, 6.07) is 7.90. The molecule has 4 nitrogen and oxygen atoms in total. The first-order chi connectivity index (χ1) is 9.86. The number of benzene rings is 1. The standard InChI is InChI=1S/C16H14N2O2/c1-19-13-5-4-12(10-6-8-17-9-7-10)15-14(13)18-16(20-15)11-2-3-11/h4-9,11H,2-3H2,1H3. The SMILES string of the molecule is COc1ccc(-c2ccncc2)c2oc(C3CC3)nc12. The van der Waals surface area contributed by atoms with Gasteiger partial charge < -0.3 is 9.15 Å². The molecule has 0 radical (unpaired) electrons. The van der Waals surface area contributed by atoms with E-state index in [1.54, 1.807) is 19.5 Å². The number of fused-ring (bicyclic) bond motifs is 1. The summed E-state index contributed by atoms with van der Waals surface area (Å²) in [6.07, 6.45) is 5.90. The number of nitrogens with zero attached hydrogens (tertiary/aromatic N) is 2. The molecule has 0 spiro atoms. The van der Waals surface area contributed by atoms with Crippen molar-refractivity contribution in [2.24, 2.45) is 0 Å². The first kappa shape index (κ1) is 11.5. The van der Waals surface area contributed by atoms with Crippen LogP contribution in [0.5, 0.6) is 5.75 Å². The molecule has 0 saturated heterocycles. The molecule has 1 aliphatic carbocycles. The number of hydrogen-bond acceptors (Lipinski definition) is 4. The second kappa shape index (κ2) is 4.34. The van der Waals surface area contributed by atoms with E-state index >= 15 is 0 Å². The molecule has 0 aliphatic heterocycles. The van der Waals surface area contributed by atoms with Gasteiger partial charge in [0.2, 0.25) is 0 Å². The molecule has 2 heterocycles. The van der Waals surface area contributed by atoms with Crippen molar-refractivity contribution in [1.29, 1.82) is 0 Å². The van der Waals surface area contributed by atoms with Crippen molar-refractivity contribution in [3.05, 3.63) is 42.5 Å². The zero-order valence-corrected chi connectivity index (χ0v) is 11.2.